The minimum absolute atomic E-state index is 0.0257. The molecule has 0 unspecified atom stereocenters. The highest BCUT2D eigenvalue weighted by molar-refractivity contribution is 5.87. The molecule has 1 heterocycles. The lowest BCUT2D eigenvalue weighted by Gasteiger charge is -2.32. The fraction of sp³-hybridized carbons (Fsp3) is 0.750. The Hall–Kier alpha value is -1.36. The number of nitrogens with two attached hydrogens (primary N) is 1. The maximum Gasteiger partial charge on any atom is 0.242 e. The first-order valence-electron chi connectivity index (χ1n) is 7.63. The molecule has 0 radical (unpaired) electrons. The summed E-state index contributed by atoms with van der Waals surface area (Å²) in [6.07, 6.45) is 3.03. The van der Waals surface area contributed by atoms with Crippen molar-refractivity contribution in [3.63, 3.8) is 0 Å². The molecule has 1 aliphatic heterocycles. The van der Waals surface area contributed by atoms with Crippen LogP contribution in [0.15, 0.2) is 11.6 Å². The minimum Gasteiger partial charge on any atom is -0.346 e. The monoisotopic (exact) mass is 295 g/mol. The van der Waals surface area contributed by atoms with Gasteiger partial charge in [-0.15, -0.1) is 0 Å². The Bertz CT molecular complexity index is 422. The number of rotatable bonds is 4. The van der Waals surface area contributed by atoms with Gasteiger partial charge in [0.2, 0.25) is 11.8 Å². The number of nitrogens with zero attached hydrogens (tertiary/aromatic N) is 1. The molecule has 0 bridgehead atoms. The summed E-state index contributed by atoms with van der Waals surface area (Å²) in [6, 6.07) is -0.563. The second-order valence-electron chi connectivity index (χ2n) is 7.06. The summed E-state index contributed by atoms with van der Waals surface area (Å²) in [5.74, 6) is -0.253. The molecule has 5 nitrogen and oxygen atoms in total. The summed E-state index contributed by atoms with van der Waals surface area (Å²) >= 11 is 0. The lowest BCUT2D eigenvalue weighted by molar-refractivity contribution is -0.133. The quantitative estimate of drug-likeness (QED) is 0.767. The zero-order valence-electron chi connectivity index (χ0n) is 13.9. The molecule has 0 aromatic heterocycles. The van der Waals surface area contributed by atoms with Crippen LogP contribution in [-0.4, -0.2) is 42.4 Å². The Morgan fingerprint density at radius 1 is 1.38 bits per heavy atom. The van der Waals surface area contributed by atoms with Crippen molar-refractivity contribution >= 4 is 11.8 Å². The van der Waals surface area contributed by atoms with Crippen molar-refractivity contribution in [1.29, 1.82) is 0 Å². The van der Waals surface area contributed by atoms with Gasteiger partial charge in [-0.1, -0.05) is 46.3 Å². The molecule has 1 atom stereocenters. The second kappa shape index (κ2) is 7.07. The molecule has 0 saturated carbocycles. The van der Waals surface area contributed by atoms with Crippen LogP contribution in [-0.2, 0) is 9.59 Å². The molecule has 21 heavy (non-hydrogen) atoms. The van der Waals surface area contributed by atoms with E-state index in [0.717, 1.165) is 6.42 Å². The van der Waals surface area contributed by atoms with Gasteiger partial charge in [-0.05, 0) is 17.8 Å². The summed E-state index contributed by atoms with van der Waals surface area (Å²) in [5.41, 5.74) is 7.29. The van der Waals surface area contributed by atoms with E-state index in [1.807, 2.05) is 13.8 Å². The molecule has 0 fully saturated rings. The maximum atomic E-state index is 12.1. The van der Waals surface area contributed by atoms with Gasteiger partial charge in [-0.3, -0.25) is 9.59 Å². The summed E-state index contributed by atoms with van der Waals surface area (Å²) in [4.78, 5) is 25.6. The third-order valence-corrected chi connectivity index (χ3v) is 3.96. The van der Waals surface area contributed by atoms with E-state index in [-0.39, 0.29) is 29.7 Å². The number of hydrogen-bond acceptors (Lipinski definition) is 3. The first-order valence-corrected chi connectivity index (χ1v) is 7.63. The largest absolute Gasteiger partial charge is 0.346 e. The molecule has 120 valence electrons. The predicted octanol–water partition coefficient (Wildman–Crippen LogP) is 1.29. The number of nitrogens with one attached hydrogen (secondary N) is 1. The molecule has 0 aliphatic carbocycles. The van der Waals surface area contributed by atoms with Crippen LogP contribution in [0.25, 0.3) is 0 Å². The molecule has 0 saturated heterocycles. The van der Waals surface area contributed by atoms with Crippen molar-refractivity contribution in [2.24, 2.45) is 17.1 Å². The molecule has 0 spiro atoms. The van der Waals surface area contributed by atoms with Crippen LogP contribution in [0, 0.1) is 11.3 Å². The molecule has 5 heteroatoms. The summed E-state index contributed by atoms with van der Waals surface area (Å²) in [5, 5.41) is 2.63. The predicted molar refractivity (Wildman–Crippen MR) is 84.6 cm³/mol. The Kier molecular flexibility index (Phi) is 5.96. The van der Waals surface area contributed by atoms with Gasteiger partial charge in [-0.2, -0.15) is 0 Å². The Morgan fingerprint density at radius 3 is 2.43 bits per heavy atom. The molecule has 0 aromatic rings. The highest BCUT2D eigenvalue weighted by atomic mass is 16.2. The SMILES string of the molecule is CC(C)[C@H](N)C(=O)NCC(=O)N1CC=C(C(C)(C)C)CC1. The van der Waals surface area contributed by atoms with Gasteiger partial charge in [0, 0.05) is 13.1 Å². The van der Waals surface area contributed by atoms with Crippen LogP contribution < -0.4 is 11.1 Å². The topological polar surface area (TPSA) is 75.4 Å². The van der Waals surface area contributed by atoms with Crippen molar-refractivity contribution in [2.45, 2.75) is 47.1 Å². The van der Waals surface area contributed by atoms with E-state index < -0.39 is 6.04 Å². The number of hydrogen-bond donors (Lipinski definition) is 2. The van der Waals surface area contributed by atoms with E-state index in [1.54, 1.807) is 4.90 Å². The van der Waals surface area contributed by atoms with Gasteiger partial charge in [0.15, 0.2) is 0 Å². The van der Waals surface area contributed by atoms with Gasteiger partial charge in [0.05, 0.1) is 12.6 Å². The smallest absolute Gasteiger partial charge is 0.242 e. The Balaban J connectivity index is 2.45. The lowest BCUT2D eigenvalue weighted by atomic mass is 9.83. The zero-order chi connectivity index (χ0) is 16.2. The van der Waals surface area contributed by atoms with E-state index in [1.165, 1.54) is 5.57 Å². The average Bonchev–Trinajstić information content (AvgIpc) is 2.42. The van der Waals surface area contributed by atoms with Gasteiger partial charge in [0.25, 0.3) is 0 Å². The van der Waals surface area contributed by atoms with Crippen LogP contribution in [0.1, 0.15) is 41.0 Å². The Labute approximate surface area is 127 Å². The molecular formula is C16H29N3O2. The van der Waals surface area contributed by atoms with Crippen molar-refractivity contribution in [1.82, 2.24) is 10.2 Å². The van der Waals surface area contributed by atoms with Crippen LogP contribution >= 0.6 is 0 Å². The summed E-state index contributed by atoms with van der Waals surface area (Å²) in [7, 11) is 0. The van der Waals surface area contributed by atoms with Gasteiger partial charge in [0.1, 0.15) is 0 Å². The van der Waals surface area contributed by atoms with Crippen LogP contribution in [0.4, 0.5) is 0 Å². The van der Waals surface area contributed by atoms with E-state index in [0.29, 0.717) is 13.1 Å². The highest BCUT2D eigenvalue weighted by Gasteiger charge is 2.24. The minimum atomic E-state index is -0.563. The standard InChI is InChI=1S/C16H29N3O2/c1-11(2)14(17)15(21)18-10-13(20)19-8-6-12(7-9-19)16(3,4)5/h6,11,14H,7-10,17H2,1-5H3,(H,18,21)/t14-/m0/s1. The number of carbonyl (C=O) groups excluding carboxylic acids is 2. The third-order valence-electron chi connectivity index (χ3n) is 3.96. The summed E-state index contributed by atoms with van der Waals surface area (Å²) < 4.78 is 0. The maximum absolute atomic E-state index is 12.1. The van der Waals surface area contributed by atoms with Crippen molar-refractivity contribution in [3.8, 4) is 0 Å². The van der Waals surface area contributed by atoms with Crippen LogP contribution in [0.5, 0.6) is 0 Å². The molecular weight excluding hydrogens is 266 g/mol. The highest BCUT2D eigenvalue weighted by Crippen LogP contribution is 2.29. The van der Waals surface area contributed by atoms with Gasteiger partial charge < -0.3 is 16.0 Å². The molecule has 3 N–H and O–H groups in total. The van der Waals surface area contributed by atoms with Gasteiger partial charge in [-0.25, -0.2) is 0 Å². The number of amides is 2. The van der Waals surface area contributed by atoms with Crippen LogP contribution in [0.2, 0.25) is 0 Å². The first-order chi connectivity index (χ1) is 9.62. The molecule has 2 amide bonds. The van der Waals surface area contributed by atoms with E-state index in [9.17, 15) is 9.59 Å². The second-order valence-corrected chi connectivity index (χ2v) is 7.06. The van der Waals surface area contributed by atoms with Crippen molar-refractivity contribution in [3.05, 3.63) is 11.6 Å². The molecule has 0 aromatic carbocycles. The summed E-state index contributed by atoms with van der Waals surface area (Å²) in [6.45, 7) is 11.7. The fourth-order valence-corrected chi connectivity index (χ4v) is 2.27. The normalized spacial score (nSPS) is 17.5. The Morgan fingerprint density at radius 2 is 2.00 bits per heavy atom. The number of carbonyl (C=O) groups is 2. The van der Waals surface area contributed by atoms with E-state index >= 15 is 0 Å². The molecule has 1 aliphatic rings. The van der Waals surface area contributed by atoms with Crippen molar-refractivity contribution in [2.75, 3.05) is 19.6 Å². The van der Waals surface area contributed by atoms with Gasteiger partial charge >= 0.3 is 0 Å². The van der Waals surface area contributed by atoms with Crippen molar-refractivity contribution < 1.29 is 9.59 Å². The van der Waals surface area contributed by atoms with E-state index in [4.69, 9.17) is 5.73 Å². The van der Waals surface area contributed by atoms with E-state index in [2.05, 4.69) is 32.2 Å². The fourth-order valence-electron chi connectivity index (χ4n) is 2.27. The zero-order valence-corrected chi connectivity index (χ0v) is 13.9. The lowest BCUT2D eigenvalue weighted by Crippen LogP contribution is -2.48. The molecule has 1 rings (SSSR count). The third kappa shape index (κ3) is 5.16. The first kappa shape index (κ1) is 17.7. The average molecular weight is 295 g/mol. The van der Waals surface area contributed by atoms with Crippen LogP contribution in [0.3, 0.4) is 0 Å².